The van der Waals surface area contributed by atoms with Gasteiger partial charge in [0.15, 0.2) is 0 Å². The zero-order chi connectivity index (χ0) is 11.5. The summed E-state index contributed by atoms with van der Waals surface area (Å²) in [6, 6.07) is 0. The van der Waals surface area contributed by atoms with Crippen LogP contribution >= 0.6 is 30.6 Å². The predicted octanol–water partition coefficient (Wildman–Crippen LogP) is 3.92. The molecule has 0 amide bonds. The van der Waals surface area contributed by atoms with Gasteiger partial charge in [-0.3, -0.25) is 0 Å². The average Bonchev–Trinajstić information content (AvgIpc) is 2.64. The van der Waals surface area contributed by atoms with Gasteiger partial charge in [-0.05, 0) is 12.7 Å². The van der Waals surface area contributed by atoms with Crippen molar-refractivity contribution in [3.05, 3.63) is 18.2 Å². The topological polar surface area (TPSA) is 17.8 Å². The van der Waals surface area contributed by atoms with Crippen LogP contribution in [0.15, 0.2) is 12.4 Å². The van der Waals surface area contributed by atoms with Crippen LogP contribution in [-0.4, -0.2) is 15.8 Å². The van der Waals surface area contributed by atoms with Gasteiger partial charge in [-0.2, -0.15) is 11.8 Å². The second-order valence-corrected chi connectivity index (χ2v) is 7.02. The Morgan fingerprint density at radius 3 is 2.73 bits per heavy atom. The molecule has 0 saturated heterocycles. The average molecular weight is 450 g/mol. The van der Waals surface area contributed by atoms with E-state index in [-0.39, 0.29) is 0 Å². The van der Waals surface area contributed by atoms with Crippen LogP contribution in [0.3, 0.4) is 0 Å². The fourth-order valence-corrected chi connectivity index (χ4v) is 1.64. The summed E-state index contributed by atoms with van der Waals surface area (Å²) in [5, 5.41) is 0. The van der Waals surface area contributed by atoms with Crippen LogP contribution in [0.2, 0.25) is 0 Å². The molecule has 0 aliphatic rings. The normalized spacial score (nSPS) is 9.87. The summed E-state index contributed by atoms with van der Waals surface area (Å²) in [7, 11) is 9.75. The fourth-order valence-electron chi connectivity index (χ4n) is 1.14. The van der Waals surface area contributed by atoms with Crippen molar-refractivity contribution in [3.63, 3.8) is 0 Å². The molecule has 0 spiro atoms. The maximum atomic E-state index is 4.88. The molecule has 0 N–H and O–H groups in total. The molecule has 1 aromatic rings. The Morgan fingerprint density at radius 2 is 2.20 bits per heavy atom. The summed E-state index contributed by atoms with van der Waals surface area (Å²) >= 11 is 1.35. The van der Waals surface area contributed by atoms with Gasteiger partial charge < -0.3 is 4.57 Å². The van der Waals surface area contributed by atoms with E-state index >= 15 is 0 Å². The van der Waals surface area contributed by atoms with Crippen molar-refractivity contribution in [2.24, 2.45) is 0 Å². The van der Waals surface area contributed by atoms with Crippen LogP contribution in [-0.2, 0) is 28.8 Å². The third-order valence-corrected chi connectivity index (χ3v) is 2.37. The second-order valence-electron chi connectivity index (χ2n) is 2.87. The molecule has 0 radical (unpaired) electrons. The zero-order valence-corrected chi connectivity index (χ0v) is 13.5. The standard InChI is InChI=1S/C9H16N2S.2ClH.Pt/c1-3-4-6-11-7-5-10-9(11)8-12-2;;;/h5,7H,3-4,6,8H2,1-2H3;2*1H;/q;;;+2/p-2. The number of nitrogens with zero attached hydrogens (tertiary/aromatic N) is 2. The molecule has 1 heterocycles. The maximum absolute atomic E-state index is 4.88. The molecular weight excluding hydrogens is 434 g/mol. The predicted molar refractivity (Wildman–Crippen MR) is 66.1 cm³/mol. The number of hydrogen-bond acceptors (Lipinski definition) is 2. The number of rotatable bonds is 5. The quantitative estimate of drug-likeness (QED) is 0.677. The van der Waals surface area contributed by atoms with Crippen molar-refractivity contribution in [1.29, 1.82) is 0 Å². The molecule has 2 nitrogen and oxygen atoms in total. The first-order valence-electron chi connectivity index (χ1n) is 4.61. The minimum atomic E-state index is -0.472. The molecule has 6 heteroatoms. The van der Waals surface area contributed by atoms with E-state index in [4.69, 9.17) is 18.8 Å². The van der Waals surface area contributed by atoms with Crippen LogP contribution in [0.4, 0.5) is 0 Å². The molecule has 92 valence electrons. The van der Waals surface area contributed by atoms with Crippen molar-refractivity contribution in [1.82, 2.24) is 9.55 Å². The van der Waals surface area contributed by atoms with Gasteiger partial charge in [0.1, 0.15) is 5.82 Å². The van der Waals surface area contributed by atoms with Gasteiger partial charge in [-0.1, -0.05) is 13.3 Å². The molecule has 0 fully saturated rings. The van der Waals surface area contributed by atoms with E-state index in [0.29, 0.717) is 0 Å². The van der Waals surface area contributed by atoms with Gasteiger partial charge in [0.05, 0.1) is 5.75 Å². The van der Waals surface area contributed by atoms with Gasteiger partial charge >= 0.3 is 35.3 Å². The summed E-state index contributed by atoms with van der Waals surface area (Å²) < 4.78 is 2.25. The Hall–Kier alpha value is 0.828. The van der Waals surface area contributed by atoms with Gasteiger partial charge in [0.2, 0.25) is 0 Å². The van der Waals surface area contributed by atoms with E-state index in [1.54, 1.807) is 0 Å². The third kappa shape index (κ3) is 7.68. The van der Waals surface area contributed by atoms with E-state index < -0.39 is 16.5 Å². The summed E-state index contributed by atoms with van der Waals surface area (Å²) in [5.74, 6) is 2.23. The Labute approximate surface area is 113 Å². The van der Waals surface area contributed by atoms with Crippen LogP contribution < -0.4 is 0 Å². The van der Waals surface area contributed by atoms with Gasteiger partial charge in [0, 0.05) is 18.9 Å². The zero-order valence-electron chi connectivity index (χ0n) is 8.86. The summed E-state index contributed by atoms with van der Waals surface area (Å²) in [6.45, 7) is 3.33. The van der Waals surface area contributed by atoms with Crippen molar-refractivity contribution in [2.75, 3.05) is 6.26 Å². The Bertz CT molecular complexity index is 246. The molecule has 0 bridgehead atoms. The Morgan fingerprint density at radius 1 is 1.53 bits per heavy atom. The Kier molecular flexibility index (Phi) is 11.9. The third-order valence-electron chi connectivity index (χ3n) is 1.83. The van der Waals surface area contributed by atoms with Crippen molar-refractivity contribution >= 4 is 30.6 Å². The first kappa shape index (κ1) is 15.8. The molecular formula is C9H16Cl2N2PtS. The Balaban J connectivity index is 0.000000583. The van der Waals surface area contributed by atoms with Crippen LogP contribution in [0.1, 0.15) is 25.6 Å². The molecule has 0 saturated carbocycles. The molecule has 0 aromatic carbocycles. The number of thioether (sulfide) groups is 1. The van der Waals surface area contributed by atoms with Gasteiger partial charge in [-0.15, -0.1) is 0 Å². The SMILES string of the molecule is CCCCn1ccnc1CSC.[Cl][Pt][Cl]. The number of hydrogen-bond donors (Lipinski definition) is 0. The van der Waals surface area contributed by atoms with Gasteiger partial charge in [-0.25, -0.2) is 4.98 Å². The first-order valence-corrected chi connectivity index (χ1v) is 11.6. The molecule has 1 aromatic heterocycles. The molecule has 1 rings (SSSR count). The van der Waals surface area contributed by atoms with Crippen LogP contribution in [0.25, 0.3) is 0 Å². The van der Waals surface area contributed by atoms with Gasteiger partial charge in [0.25, 0.3) is 0 Å². The molecule has 15 heavy (non-hydrogen) atoms. The summed E-state index contributed by atoms with van der Waals surface area (Å²) in [6.07, 6.45) is 8.57. The van der Waals surface area contributed by atoms with Crippen molar-refractivity contribution in [3.8, 4) is 0 Å². The first-order chi connectivity index (χ1) is 7.29. The number of unbranched alkanes of at least 4 members (excludes halogenated alkanes) is 1. The number of imidazole rings is 1. The summed E-state index contributed by atoms with van der Waals surface area (Å²) in [4.78, 5) is 4.30. The fraction of sp³-hybridized carbons (Fsp3) is 0.667. The van der Waals surface area contributed by atoms with E-state index in [2.05, 4.69) is 28.9 Å². The number of halogens is 2. The number of aromatic nitrogens is 2. The van der Waals surface area contributed by atoms with Crippen molar-refractivity contribution in [2.45, 2.75) is 32.1 Å². The minimum absolute atomic E-state index is 0.472. The van der Waals surface area contributed by atoms with Crippen LogP contribution in [0.5, 0.6) is 0 Å². The van der Waals surface area contributed by atoms with E-state index in [9.17, 15) is 0 Å². The van der Waals surface area contributed by atoms with E-state index in [0.717, 1.165) is 12.3 Å². The summed E-state index contributed by atoms with van der Waals surface area (Å²) in [5.41, 5.74) is 0. The second kappa shape index (κ2) is 11.3. The molecule has 0 aliphatic heterocycles. The van der Waals surface area contributed by atoms with Crippen molar-refractivity contribution < 1.29 is 16.5 Å². The molecule has 0 atom stereocenters. The van der Waals surface area contributed by atoms with E-state index in [1.165, 1.54) is 18.7 Å². The van der Waals surface area contributed by atoms with Crippen LogP contribution in [0, 0.1) is 0 Å². The number of aryl methyl sites for hydroxylation is 1. The molecule has 0 aliphatic carbocycles. The molecule has 0 unspecified atom stereocenters. The van der Waals surface area contributed by atoms with E-state index in [1.807, 2.05) is 18.0 Å². The monoisotopic (exact) mass is 449 g/mol.